The van der Waals surface area contributed by atoms with Gasteiger partial charge in [0.2, 0.25) is 5.91 Å². The minimum atomic E-state index is 0.259. The molecule has 2 nitrogen and oxygen atoms in total. The quantitative estimate of drug-likeness (QED) is 0.863. The van der Waals surface area contributed by atoms with E-state index in [9.17, 15) is 4.79 Å². The fourth-order valence-electron chi connectivity index (χ4n) is 4.12. The second-order valence-corrected chi connectivity index (χ2v) is 6.58. The predicted octanol–water partition coefficient (Wildman–Crippen LogP) is 3.23. The molecule has 0 saturated heterocycles. The summed E-state index contributed by atoms with van der Waals surface area (Å²) in [6, 6.07) is 8.85. The van der Waals surface area contributed by atoms with E-state index in [-0.39, 0.29) is 6.04 Å². The Hall–Kier alpha value is -1.31. The third kappa shape index (κ3) is 2.07. The molecule has 0 bridgehead atoms. The number of fused-ring (bicyclic) bond motifs is 2. The highest BCUT2D eigenvalue weighted by Crippen LogP contribution is 2.54. The molecule has 3 aliphatic rings. The van der Waals surface area contributed by atoms with Crippen molar-refractivity contribution in [1.29, 1.82) is 0 Å². The van der Waals surface area contributed by atoms with Crippen LogP contribution in [0.25, 0.3) is 0 Å². The van der Waals surface area contributed by atoms with Gasteiger partial charge in [-0.1, -0.05) is 24.3 Å². The van der Waals surface area contributed by atoms with Crippen LogP contribution in [0.4, 0.5) is 0 Å². The van der Waals surface area contributed by atoms with Crippen LogP contribution in [0.2, 0.25) is 0 Å². The van der Waals surface area contributed by atoms with Crippen LogP contribution in [0.5, 0.6) is 0 Å². The summed E-state index contributed by atoms with van der Waals surface area (Å²) in [7, 11) is 0. The summed E-state index contributed by atoms with van der Waals surface area (Å²) in [4.78, 5) is 12.4. The standard InChI is InChI=1S/C17H21NO/c19-17(14-9-12-8-13(12)10-14)18-16-7-3-5-11-4-1-2-6-15(11)16/h1-2,4,6,12-14,16H,3,5,7-10H2,(H,18,19). The summed E-state index contributed by atoms with van der Waals surface area (Å²) in [6.45, 7) is 0. The summed E-state index contributed by atoms with van der Waals surface area (Å²) in [5.41, 5.74) is 2.78. The van der Waals surface area contributed by atoms with E-state index in [4.69, 9.17) is 0 Å². The van der Waals surface area contributed by atoms with Crippen molar-refractivity contribution in [2.45, 2.75) is 44.6 Å². The van der Waals surface area contributed by atoms with Crippen LogP contribution in [0.3, 0.4) is 0 Å². The molecular weight excluding hydrogens is 234 g/mol. The van der Waals surface area contributed by atoms with Gasteiger partial charge in [-0.25, -0.2) is 0 Å². The summed E-state index contributed by atoms with van der Waals surface area (Å²) in [6.07, 6.45) is 7.13. The lowest BCUT2D eigenvalue weighted by atomic mass is 9.87. The molecule has 0 aromatic heterocycles. The zero-order valence-corrected chi connectivity index (χ0v) is 11.3. The summed E-state index contributed by atoms with van der Waals surface area (Å²) in [5.74, 6) is 2.38. The van der Waals surface area contributed by atoms with Crippen molar-refractivity contribution in [1.82, 2.24) is 5.32 Å². The summed E-state index contributed by atoms with van der Waals surface area (Å²) in [5, 5.41) is 3.32. The average molecular weight is 255 g/mol. The van der Waals surface area contributed by atoms with Crippen LogP contribution in [0, 0.1) is 17.8 Å². The molecule has 1 N–H and O–H groups in total. The van der Waals surface area contributed by atoms with Crippen LogP contribution < -0.4 is 5.32 Å². The van der Waals surface area contributed by atoms with Crippen molar-refractivity contribution in [3.05, 3.63) is 35.4 Å². The Balaban J connectivity index is 1.47. The van der Waals surface area contributed by atoms with Crippen LogP contribution >= 0.6 is 0 Å². The molecule has 0 aliphatic heterocycles. The third-order valence-corrected chi connectivity index (χ3v) is 5.30. The van der Waals surface area contributed by atoms with Crippen LogP contribution in [0.1, 0.15) is 49.3 Å². The number of amides is 1. The second-order valence-electron chi connectivity index (χ2n) is 6.58. The lowest BCUT2D eigenvalue weighted by Crippen LogP contribution is -2.35. The molecule has 100 valence electrons. The van der Waals surface area contributed by atoms with E-state index in [1.165, 1.54) is 24.0 Å². The van der Waals surface area contributed by atoms with Crippen molar-refractivity contribution in [2.24, 2.45) is 17.8 Å². The zero-order valence-electron chi connectivity index (χ0n) is 11.3. The zero-order chi connectivity index (χ0) is 12.8. The van der Waals surface area contributed by atoms with Crippen molar-refractivity contribution in [3.63, 3.8) is 0 Å². The van der Waals surface area contributed by atoms with E-state index >= 15 is 0 Å². The van der Waals surface area contributed by atoms with E-state index in [1.807, 2.05) is 0 Å². The normalized spacial score (nSPS) is 35.4. The van der Waals surface area contributed by atoms with Crippen molar-refractivity contribution in [3.8, 4) is 0 Å². The fraction of sp³-hybridized carbons (Fsp3) is 0.588. The van der Waals surface area contributed by atoms with Gasteiger partial charge in [-0.15, -0.1) is 0 Å². The molecule has 0 heterocycles. The minimum absolute atomic E-state index is 0.259. The maximum absolute atomic E-state index is 12.4. The van der Waals surface area contributed by atoms with Gasteiger partial charge >= 0.3 is 0 Å². The molecule has 0 spiro atoms. The molecule has 1 amide bonds. The SMILES string of the molecule is O=C(NC1CCCc2ccccc21)C1CC2CC2C1. The molecule has 2 heteroatoms. The van der Waals surface area contributed by atoms with Gasteiger partial charge in [0, 0.05) is 5.92 Å². The molecular formula is C17H21NO. The highest BCUT2D eigenvalue weighted by atomic mass is 16.1. The van der Waals surface area contributed by atoms with Crippen LogP contribution in [0.15, 0.2) is 24.3 Å². The fourth-order valence-corrected chi connectivity index (χ4v) is 4.12. The van der Waals surface area contributed by atoms with Gasteiger partial charge in [0.25, 0.3) is 0 Å². The van der Waals surface area contributed by atoms with Crippen LogP contribution in [-0.2, 0) is 11.2 Å². The predicted molar refractivity (Wildman–Crippen MR) is 74.6 cm³/mol. The van der Waals surface area contributed by atoms with Crippen molar-refractivity contribution < 1.29 is 4.79 Å². The Labute approximate surface area is 114 Å². The van der Waals surface area contributed by atoms with Gasteiger partial charge in [0.1, 0.15) is 0 Å². The molecule has 3 atom stereocenters. The van der Waals surface area contributed by atoms with E-state index in [0.29, 0.717) is 11.8 Å². The van der Waals surface area contributed by atoms with Gasteiger partial charge in [-0.05, 0) is 61.5 Å². The Morgan fingerprint density at radius 2 is 1.89 bits per heavy atom. The monoisotopic (exact) mass is 255 g/mol. The Bertz CT molecular complexity index is 500. The Morgan fingerprint density at radius 1 is 1.11 bits per heavy atom. The van der Waals surface area contributed by atoms with E-state index in [1.54, 1.807) is 0 Å². The minimum Gasteiger partial charge on any atom is -0.349 e. The first-order valence-corrected chi connectivity index (χ1v) is 7.69. The lowest BCUT2D eigenvalue weighted by molar-refractivity contribution is -0.126. The van der Waals surface area contributed by atoms with E-state index in [2.05, 4.69) is 29.6 Å². The number of benzene rings is 1. The van der Waals surface area contributed by atoms with Gasteiger partial charge in [0.15, 0.2) is 0 Å². The maximum atomic E-state index is 12.4. The molecule has 3 unspecified atom stereocenters. The Morgan fingerprint density at radius 3 is 2.74 bits per heavy atom. The number of rotatable bonds is 2. The molecule has 4 rings (SSSR count). The molecule has 2 fully saturated rings. The number of carbonyl (C=O) groups is 1. The first-order valence-electron chi connectivity index (χ1n) is 7.69. The topological polar surface area (TPSA) is 29.1 Å². The second kappa shape index (κ2) is 4.36. The summed E-state index contributed by atoms with van der Waals surface area (Å²) >= 11 is 0. The third-order valence-electron chi connectivity index (χ3n) is 5.30. The molecule has 0 radical (unpaired) electrons. The van der Waals surface area contributed by atoms with Crippen molar-refractivity contribution in [2.75, 3.05) is 0 Å². The lowest BCUT2D eigenvalue weighted by Gasteiger charge is -2.27. The van der Waals surface area contributed by atoms with E-state index in [0.717, 1.165) is 37.5 Å². The van der Waals surface area contributed by atoms with Gasteiger partial charge < -0.3 is 5.32 Å². The summed E-state index contributed by atoms with van der Waals surface area (Å²) < 4.78 is 0. The maximum Gasteiger partial charge on any atom is 0.223 e. The Kier molecular flexibility index (Phi) is 2.64. The van der Waals surface area contributed by atoms with E-state index < -0.39 is 0 Å². The highest BCUT2D eigenvalue weighted by Gasteiger charge is 2.48. The first kappa shape index (κ1) is 11.5. The molecule has 3 aliphatic carbocycles. The van der Waals surface area contributed by atoms with Gasteiger partial charge in [-0.2, -0.15) is 0 Å². The number of hydrogen-bond donors (Lipinski definition) is 1. The number of carbonyl (C=O) groups excluding carboxylic acids is 1. The van der Waals surface area contributed by atoms with Gasteiger partial charge in [-0.3, -0.25) is 4.79 Å². The van der Waals surface area contributed by atoms with Crippen LogP contribution in [-0.4, -0.2) is 5.91 Å². The molecule has 19 heavy (non-hydrogen) atoms. The number of nitrogens with one attached hydrogen (secondary N) is 1. The molecule has 1 aromatic rings. The number of hydrogen-bond acceptors (Lipinski definition) is 1. The molecule has 2 saturated carbocycles. The van der Waals surface area contributed by atoms with Crippen molar-refractivity contribution >= 4 is 5.91 Å². The average Bonchev–Trinajstić information content (AvgIpc) is 3.05. The largest absolute Gasteiger partial charge is 0.349 e. The number of aryl methyl sites for hydroxylation is 1. The molecule has 1 aromatic carbocycles. The first-order chi connectivity index (χ1) is 9.31. The smallest absolute Gasteiger partial charge is 0.223 e. The highest BCUT2D eigenvalue weighted by molar-refractivity contribution is 5.79. The van der Waals surface area contributed by atoms with Gasteiger partial charge in [0.05, 0.1) is 6.04 Å².